The topological polar surface area (TPSA) is 72.0 Å². The molecule has 0 aliphatic rings. The number of thiazole rings is 2. The molecule has 33 heavy (non-hydrogen) atoms. The average molecular weight is 512 g/mol. The maximum atomic E-state index is 12.8. The van der Waals surface area contributed by atoms with E-state index in [0.29, 0.717) is 15.7 Å². The van der Waals surface area contributed by atoms with E-state index >= 15 is 0 Å². The van der Waals surface area contributed by atoms with Gasteiger partial charge in [0.05, 0.1) is 25.0 Å². The fourth-order valence-electron chi connectivity index (χ4n) is 3.37. The van der Waals surface area contributed by atoms with Crippen molar-refractivity contribution >= 4 is 59.6 Å². The molecule has 0 saturated carbocycles. The monoisotopic (exact) mass is 511 g/mol. The summed E-state index contributed by atoms with van der Waals surface area (Å²) < 4.78 is 29.0. The minimum Gasteiger partial charge on any atom is -0.255 e. The van der Waals surface area contributed by atoms with Crippen LogP contribution in [0.15, 0.2) is 83.9 Å². The van der Waals surface area contributed by atoms with Crippen LogP contribution in [0.3, 0.4) is 0 Å². The van der Waals surface area contributed by atoms with Crippen molar-refractivity contribution in [2.45, 2.75) is 17.7 Å². The van der Waals surface area contributed by atoms with E-state index in [1.807, 2.05) is 42.6 Å². The maximum Gasteiger partial charge on any atom is 0.263 e. The minimum atomic E-state index is -3.73. The van der Waals surface area contributed by atoms with Crippen LogP contribution in [0.2, 0.25) is 5.02 Å². The van der Waals surface area contributed by atoms with Gasteiger partial charge in [0.1, 0.15) is 0 Å². The SMILES string of the molecule is O=S(=O)(Nc1nc2cc(Cl)ccc2s1)c1ccc(CCc2ncc(-c3ccccc3)s2)cc1. The quantitative estimate of drug-likeness (QED) is 0.265. The Morgan fingerprint density at radius 2 is 1.70 bits per heavy atom. The smallest absolute Gasteiger partial charge is 0.255 e. The first-order valence-electron chi connectivity index (χ1n) is 10.1. The molecule has 0 atom stereocenters. The fourth-order valence-corrected chi connectivity index (χ4v) is 6.54. The van der Waals surface area contributed by atoms with Crippen molar-refractivity contribution in [3.05, 3.63) is 94.6 Å². The number of anilines is 1. The zero-order valence-corrected chi connectivity index (χ0v) is 20.4. The highest BCUT2D eigenvalue weighted by molar-refractivity contribution is 7.93. The van der Waals surface area contributed by atoms with Crippen LogP contribution in [0, 0.1) is 0 Å². The molecule has 0 aliphatic carbocycles. The number of aryl methyl sites for hydroxylation is 2. The Balaban J connectivity index is 1.24. The van der Waals surface area contributed by atoms with Gasteiger partial charge in [0.15, 0.2) is 5.13 Å². The van der Waals surface area contributed by atoms with Crippen molar-refractivity contribution in [2.24, 2.45) is 0 Å². The lowest BCUT2D eigenvalue weighted by Crippen LogP contribution is -2.12. The van der Waals surface area contributed by atoms with Gasteiger partial charge >= 0.3 is 0 Å². The normalized spacial score (nSPS) is 11.7. The molecule has 0 unspecified atom stereocenters. The van der Waals surface area contributed by atoms with Crippen molar-refractivity contribution in [1.82, 2.24) is 9.97 Å². The Morgan fingerprint density at radius 1 is 0.909 bits per heavy atom. The van der Waals surface area contributed by atoms with E-state index in [2.05, 4.69) is 26.8 Å². The van der Waals surface area contributed by atoms with Crippen LogP contribution in [0.1, 0.15) is 10.6 Å². The Labute approximate surface area is 204 Å². The standard InChI is InChI=1S/C24H18ClN3O2S3/c25-18-9-12-21-20(14-18)27-24(32-21)28-33(29,30)19-10-6-16(7-11-19)8-13-23-26-15-22(31-23)17-4-2-1-3-5-17/h1-7,9-12,14-15H,8,13H2,(H,27,28). The van der Waals surface area contributed by atoms with E-state index in [4.69, 9.17) is 11.6 Å². The molecule has 9 heteroatoms. The lowest BCUT2D eigenvalue weighted by atomic mass is 10.1. The Morgan fingerprint density at radius 3 is 2.48 bits per heavy atom. The summed E-state index contributed by atoms with van der Waals surface area (Å²) in [5.74, 6) is 0. The second kappa shape index (κ2) is 9.23. The number of benzene rings is 3. The first-order chi connectivity index (χ1) is 16.0. The second-order valence-electron chi connectivity index (χ2n) is 7.36. The van der Waals surface area contributed by atoms with Crippen LogP contribution in [0.5, 0.6) is 0 Å². The van der Waals surface area contributed by atoms with Gasteiger partial charge in [0.25, 0.3) is 10.0 Å². The van der Waals surface area contributed by atoms with E-state index in [1.165, 1.54) is 16.9 Å². The molecule has 0 amide bonds. The molecule has 3 aromatic carbocycles. The Bertz CT molecular complexity index is 1510. The summed E-state index contributed by atoms with van der Waals surface area (Å²) in [5.41, 5.74) is 2.89. The molecule has 5 rings (SSSR count). The molecule has 0 saturated heterocycles. The summed E-state index contributed by atoms with van der Waals surface area (Å²) >= 11 is 8.94. The number of aromatic nitrogens is 2. The van der Waals surface area contributed by atoms with Crippen LogP contribution in [-0.4, -0.2) is 18.4 Å². The largest absolute Gasteiger partial charge is 0.263 e. The van der Waals surface area contributed by atoms with Crippen LogP contribution < -0.4 is 4.72 Å². The predicted molar refractivity (Wildman–Crippen MR) is 137 cm³/mol. The summed E-state index contributed by atoms with van der Waals surface area (Å²) in [6, 6.07) is 22.4. The number of nitrogens with zero attached hydrogens (tertiary/aromatic N) is 2. The molecule has 5 aromatic rings. The molecular formula is C24H18ClN3O2S3. The van der Waals surface area contributed by atoms with E-state index in [-0.39, 0.29) is 4.90 Å². The highest BCUT2D eigenvalue weighted by atomic mass is 35.5. The molecule has 2 heterocycles. The molecule has 0 spiro atoms. The number of sulfonamides is 1. The first kappa shape index (κ1) is 22.0. The van der Waals surface area contributed by atoms with Crippen LogP contribution in [-0.2, 0) is 22.9 Å². The molecule has 0 bridgehead atoms. The van der Waals surface area contributed by atoms with Gasteiger partial charge in [0.2, 0.25) is 0 Å². The number of hydrogen-bond donors (Lipinski definition) is 1. The summed E-state index contributed by atoms with van der Waals surface area (Å²) in [4.78, 5) is 10.2. The number of fused-ring (bicyclic) bond motifs is 1. The third-order valence-electron chi connectivity index (χ3n) is 5.04. The summed E-state index contributed by atoms with van der Waals surface area (Å²) in [6.07, 6.45) is 3.50. The second-order valence-corrected chi connectivity index (χ2v) is 11.6. The van der Waals surface area contributed by atoms with Gasteiger partial charge in [-0.05, 0) is 47.9 Å². The van der Waals surface area contributed by atoms with E-state index in [9.17, 15) is 8.42 Å². The van der Waals surface area contributed by atoms with E-state index < -0.39 is 10.0 Å². The molecule has 5 nitrogen and oxygen atoms in total. The van der Waals surface area contributed by atoms with Gasteiger partial charge in [-0.2, -0.15) is 0 Å². The van der Waals surface area contributed by atoms with Crippen molar-refractivity contribution in [1.29, 1.82) is 0 Å². The molecule has 0 aliphatic heterocycles. The summed E-state index contributed by atoms with van der Waals surface area (Å²) in [7, 11) is -3.73. The molecular weight excluding hydrogens is 494 g/mol. The number of hydrogen-bond acceptors (Lipinski definition) is 6. The Hall–Kier alpha value is -2.78. The molecule has 166 valence electrons. The number of nitrogens with one attached hydrogen (secondary N) is 1. The van der Waals surface area contributed by atoms with E-state index in [0.717, 1.165) is 33.0 Å². The van der Waals surface area contributed by atoms with Crippen LogP contribution in [0.25, 0.3) is 20.7 Å². The third-order valence-corrected chi connectivity index (χ3v) is 8.82. The lowest BCUT2D eigenvalue weighted by Gasteiger charge is -2.06. The van der Waals surface area contributed by atoms with Gasteiger partial charge in [-0.3, -0.25) is 4.72 Å². The molecule has 0 fully saturated rings. The number of rotatable bonds is 7. The zero-order valence-electron chi connectivity index (χ0n) is 17.2. The highest BCUT2D eigenvalue weighted by Crippen LogP contribution is 2.30. The fraction of sp³-hybridized carbons (Fsp3) is 0.0833. The highest BCUT2D eigenvalue weighted by Gasteiger charge is 2.17. The third kappa shape index (κ3) is 5.09. The molecule has 0 radical (unpaired) electrons. The van der Waals surface area contributed by atoms with Crippen LogP contribution >= 0.6 is 34.3 Å². The van der Waals surface area contributed by atoms with Gasteiger partial charge in [0, 0.05) is 17.6 Å². The minimum absolute atomic E-state index is 0.198. The molecule has 1 N–H and O–H groups in total. The average Bonchev–Trinajstić information content (AvgIpc) is 3.44. The van der Waals surface area contributed by atoms with Gasteiger partial charge < -0.3 is 0 Å². The lowest BCUT2D eigenvalue weighted by molar-refractivity contribution is 0.601. The van der Waals surface area contributed by atoms with E-state index in [1.54, 1.807) is 35.6 Å². The predicted octanol–water partition coefficient (Wildman–Crippen LogP) is 6.66. The Kier molecular flexibility index (Phi) is 6.16. The van der Waals surface area contributed by atoms with Gasteiger partial charge in [-0.1, -0.05) is 65.4 Å². The van der Waals surface area contributed by atoms with Crippen molar-refractivity contribution in [3.8, 4) is 10.4 Å². The maximum absolute atomic E-state index is 12.8. The van der Waals surface area contributed by atoms with Gasteiger partial charge in [-0.15, -0.1) is 11.3 Å². The van der Waals surface area contributed by atoms with Crippen molar-refractivity contribution in [3.63, 3.8) is 0 Å². The first-order valence-corrected chi connectivity index (χ1v) is 13.6. The zero-order chi connectivity index (χ0) is 22.8. The van der Waals surface area contributed by atoms with Gasteiger partial charge in [-0.25, -0.2) is 18.4 Å². The summed E-state index contributed by atoms with van der Waals surface area (Å²) in [5, 5.41) is 1.93. The van der Waals surface area contributed by atoms with Crippen LogP contribution in [0.4, 0.5) is 5.13 Å². The van der Waals surface area contributed by atoms with Crippen molar-refractivity contribution < 1.29 is 8.42 Å². The molecule has 2 aromatic heterocycles. The number of halogens is 1. The van der Waals surface area contributed by atoms with Crippen molar-refractivity contribution in [2.75, 3.05) is 4.72 Å². The summed E-state index contributed by atoms with van der Waals surface area (Å²) in [6.45, 7) is 0.